The van der Waals surface area contributed by atoms with E-state index in [1.54, 1.807) is 47.9 Å². The summed E-state index contributed by atoms with van der Waals surface area (Å²) in [6.45, 7) is 1.89. The first-order chi connectivity index (χ1) is 11.9. The van der Waals surface area contributed by atoms with Gasteiger partial charge in [-0.25, -0.2) is 9.78 Å². The van der Waals surface area contributed by atoms with Crippen LogP contribution in [0.2, 0.25) is 15.1 Å². The van der Waals surface area contributed by atoms with Gasteiger partial charge in [0.05, 0.1) is 12.2 Å². The first-order valence-electron chi connectivity index (χ1n) is 7.37. The molecule has 4 nitrogen and oxygen atoms in total. The lowest BCUT2D eigenvalue weighted by Gasteiger charge is -2.12. The van der Waals surface area contributed by atoms with E-state index in [9.17, 15) is 9.90 Å². The summed E-state index contributed by atoms with van der Waals surface area (Å²) in [4.78, 5) is 16.2. The molecular weight excluding hydrogens is 383 g/mol. The fraction of sp³-hybridized carbons (Fsp3) is 0.111. The quantitative estimate of drug-likeness (QED) is 0.628. The van der Waals surface area contributed by atoms with Crippen molar-refractivity contribution in [3.8, 4) is 11.4 Å². The van der Waals surface area contributed by atoms with Crippen LogP contribution < -0.4 is 0 Å². The molecule has 0 atom stereocenters. The minimum absolute atomic E-state index is 0.103. The summed E-state index contributed by atoms with van der Waals surface area (Å²) in [5.74, 6) is -0.551. The Bertz CT molecular complexity index is 967. The molecule has 0 saturated carbocycles. The van der Waals surface area contributed by atoms with E-state index in [2.05, 4.69) is 4.98 Å². The second-order valence-corrected chi connectivity index (χ2v) is 6.79. The zero-order valence-corrected chi connectivity index (χ0v) is 15.4. The number of aromatic carboxylic acids is 1. The number of carboxylic acid groups (broad SMARTS) is 1. The lowest BCUT2D eigenvalue weighted by Crippen LogP contribution is -2.12. The summed E-state index contributed by atoms with van der Waals surface area (Å²) >= 11 is 18.4. The van der Waals surface area contributed by atoms with Crippen molar-refractivity contribution in [3.63, 3.8) is 0 Å². The molecule has 1 aromatic heterocycles. The molecule has 0 aliphatic heterocycles. The van der Waals surface area contributed by atoms with Crippen LogP contribution in [0.3, 0.4) is 0 Å². The highest BCUT2D eigenvalue weighted by molar-refractivity contribution is 6.33. The van der Waals surface area contributed by atoms with E-state index in [1.807, 2.05) is 6.07 Å². The Morgan fingerprint density at radius 3 is 2.52 bits per heavy atom. The summed E-state index contributed by atoms with van der Waals surface area (Å²) in [5, 5.41) is 11.2. The van der Waals surface area contributed by atoms with Crippen molar-refractivity contribution < 1.29 is 9.90 Å². The minimum atomic E-state index is -1.06. The van der Waals surface area contributed by atoms with Gasteiger partial charge in [-0.3, -0.25) is 0 Å². The summed E-state index contributed by atoms with van der Waals surface area (Å²) in [5.41, 5.74) is 1.95. The van der Waals surface area contributed by atoms with E-state index in [0.29, 0.717) is 32.1 Å². The second kappa shape index (κ2) is 7.08. The van der Waals surface area contributed by atoms with Gasteiger partial charge in [-0.1, -0.05) is 46.9 Å². The monoisotopic (exact) mass is 394 g/mol. The largest absolute Gasteiger partial charge is 0.477 e. The van der Waals surface area contributed by atoms with E-state index < -0.39 is 5.97 Å². The maximum Gasteiger partial charge on any atom is 0.354 e. The van der Waals surface area contributed by atoms with Gasteiger partial charge in [-0.15, -0.1) is 0 Å². The standard InChI is InChI=1S/C18H13Cl3N2O2/c1-10-16(18(24)25)23(9-12-8-14(20)5-6-15(12)21)17(22-10)11-3-2-4-13(19)7-11/h2-8H,9H2,1H3,(H,24,25). The maximum atomic E-state index is 11.8. The number of carboxylic acids is 1. The van der Waals surface area contributed by atoms with Crippen LogP contribution in [-0.2, 0) is 6.54 Å². The van der Waals surface area contributed by atoms with Gasteiger partial charge in [0.1, 0.15) is 5.82 Å². The third-order valence-electron chi connectivity index (χ3n) is 3.76. The molecule has 25 heavy (non-hydrogen) atoms. The van der Waals surface area contributed by atoms with E-state index in [-0.39, 0.29) is 12.2 Å². The van der Waals surface area contributed by atoms with Gasteiger partial charge in [0.15, 0.2) is 5.69 Å². The number of hydrogen-bond acceptors (Lipinski definition) is 2. The Labute approximate surface area is 159 Å². The van der Waals surface area contributed by atoms with Crippen molar-refractivity contribution in [2.24, 2.45) is 0 Å². The molecule has 0 radical (unpaired) electrons. The van der Waals surface area contributed by atoms with Gasteiger partial charge in [-0.2, -0.15) is 0 Å². The van der Waals surface area contributed by atoms with E-state index >= 15 is 0 Å². The van der Waals surface area contributed by atoms with Crippen LogP contribution in [0.15, 0.2) is 42.5 Å². The molecule has 0 bridgehead atoms. The number of imidazole rings is 1. The van der Waals surface area contributed by atoms with Crippen LogP contribution in [0.4, 0.5) is 0 Å². The lowest BCUT2D eigenvalue weighted by molar-refractivity contribution is 0.0685. The summed E-state index contributed by atoms with van der Waals surface area (Å²) < 4.78 is 1.61. The molecule has 1 heterocycles. The van der Waals surface area contributed by atoms with Crippen LogP contribution in [0.25, 0.3) is 11.4 Å². The predicted octanol–water partition coefficient (Wildman–Crippen LogP) is 5.57. The smallest absolute Gasteiger partial charge is 0.354 e. The molecule has 3 aromatic rings. The number of nitrogens with zero attached hydrogens (tertiary/aromatic N) is 2. The highest BCUT2D eigenvalue weighted by Gasteiger charge is 2.22. The van der Waals surface area contributed by atoms with Crippen molar-refractivity contribution in [2.45, 2.75) is 13.5 Å². The minimum Gasteiger partial charge on any atom is -0.477 e. The summed E-state index contributed by atoms with van der Waals surface area (Å²) in [6, 6.07) is 12.2. The molecule has 0 aliphatic rings. The fourth-order valence-corrected chi connectivity index (χ4v) is 3.24. The third kappa shape index (κ3) is 3.66. The molecule has 0 saturated heterocycles. The van der Waals surface area contributed by atoms with E-state index in [1.165, 1.54) is 0 Å². The van der Waals surface area contributed by atoms with Crippen molar-refractivity contribution in [3.05, 3.63) is 74.5 Å². The summed E-state index contributed by atoms with van der Waals surface area (Å²) in [7, 11) is 0. The number of aryl methyl sites for hydroxylation is 1. The Balaban J connectivity index is 2.19. The van der Waals surface area contributed by atoms with Gasteiger partial charge in [0.2, 0.25) is 0 Å². The Kier molecular flexibility index (Phi) is 5.04. The molecule has 3 rings (SSSR count). The number of hydrogen-bond donors (Lipinski definition) is 1. The Morgan fingerprint density at radius 1 is 1.12 bits per heavy atom. The molecule has 1 N–H and O–H groups in total. The molecular formula is C18H13Cl3N2O2. The van der Waals surface area contributed by atoms with Crippen LogP contribution in [0, 0.1) is 6.92 Å². The normalized spacial score (nSPS) is 10.9. The SMILES string of the molecule is Cc1nc(-c2cccc(Cl)c2)n(Cc2cc(Cl)ccc2Cl)c1C(=O)O. The number of benzene rings is 2. The van der Waals surface area contributed by atoms with Crippen LogP contribution >= 0.6 is 34.8 Å². The van der Waals surface area contributed by atoms with Gasteiger partial charge in [0.25, 0.3) is 0 Å². The highest BCUT2D eigenvalue weighted by atomic mass is 35.5. The van der Waals surface area contributed by atoms with Crippen molar-refractivity contribution in [1.82, 2.24) is 9.55 Å². The second-order valence-electron chi connectivity index (χ2n) is 5.51. The average molecular weight is 396 g/mol. The molecule has 7 heteroatoms. The van der Waals surface area contributed by atoms with E-state index in [0.717, 1.165) is 5.56 Å². The zero-order valence-electron chi connectivity index (χ0n) is 13.1. The van der Waals surface area contributed by atoms with E-state index in [4.69, 9.17) is 34.8 Å². The molecule has 0 aliphatic carbocycles. The topological polar surface area (TPSA) is 55.1 Å². The summed E-state index contributed by atoms with van der Waals surface area (Å²) in [6.07, 6.45) is 0. The molecule has 0 spiro atoms. The molecule has 0 unspecified atom stereocenters. The molecule has 0 fully saturated rings. The van der Waals surface area contributed by atoms with Crippen LogP contribution in [-0.4, -0.2) is 20.6 Å². The van der Waals surface area contributed by atoms with Crippen LogP contribution in [0.1, 0.15) is 21.7 Å². The van der Waals surface area contributed by atoms with Gasteiger partial charge in [0, 0.05) is 20.6 Å². The lowest BCUT2D eigenvalue weighted by atomic mass is 10.2. The number of aromatic nitrogens is 2. The van der Waals surface area contributed by atoms with Crippen molar-refractivity contribution >= 4 is 40.8 Å². The molecule has 128 valence electrons. The Hall–Kier alpha value is -2.01. The fourth-order valence-electron chi connectivity index (χ4n) is 2.68. The number of rotatable bonds is 4. The first-order valence-corrected chi connectivity index (χ1v) is 8.50. The van der Waals surface area contributed by atoms with Gasteiger partial charge < -0.3 is 9.67 Å². The predicted molar refractivity (Wildman–Crippen MR) is 99.9 cm³/mol. The Morgan fingerprint density at radius 2 is 1.84 bits per heavy atom. The number of carbonyl (C=O) groups is 1. The average Bonchev–Trinajstić information content (AvgIpc) is 2.87. The van der Waals surface area contributed by atoms with Gasteiger partial charge >= 0.3 is 5.97 Å². The highest BCUT2D eigenvalue weighted by Crippen LogP contribution is 2.28. The molecule has 0 amide bonds. The zero-order chi connectivity index (χ0) is 18.1. The van der Waals surface area contributed by atoms with Gasteiger partial charge in [-0.05, 0) is 42.8 Å². The number of halogens is 3. The van der Waals surface area contributed by atoms with Crippen LogP contribution in [0.5, 0.6) is 0 Å². The maximum absolute atomic E-state index is 11.8. The van der Waals surface area contributed by atoms with Crippen molar-refractivity contribution in [2.75, 3.05) is 0 Å². The molecule has 2 aromatic carbocycles. The first kappa shape index (κ1) is 17.8. The van der Waals surface area contributed by atoms with Crippen molar-refractivity contribution in [1.29, 1.82) is 0 Å². The third-order valence-corrected chi connectivity index (χ3v) is 4.60.